The Bertz CT molecular complexity index is 1000. The molecule has 1 saturated carbocycles. The summed E-state index contributed by atoms with van der Waals surface area (Å²) in [5.41, 5.74) is 4.13. The summed E-state index contributed by atoms with van der Waals surface area (Å²) in [6, 6.07) is 13.2. The molecule has 0 atom stereocenters. The van der Waals surface area contributed by atoms with Gasteiger partial charge in [0.05, 0.1) is 12.1 Å². The molecular weight excluding hydrogens is 407 g/mol. The lowest BCUT2D eigenvalue weighted by Gasteiger charge is -2.12. The summed E-state index contributed by atoms with van der Waals surface area (Å²) in [7, 11) is 0. The minimum atomic E-state index is -0.149. The van der Waals surface area contributed by atoms with Crippen LogP contribution >= 0.6 is 24.0 Å². The summed E-state index contributed by atoms with van der Waals surface area (Å²) in [6.07, 6.45) is 5.56. The van der Waals surface area contributed by atoms with Crippen LogP contribution in [0.4, 0.5) is 5.69 Å². The number of carbonyl (C=O) groups is 1. The van der Waals surface area contributed by atoms with Crippen molar-refractivity contribution < 1.29 is 9.53 Å². The molecule has 1 aliphatic carbocycles. The van der Waals surface area contributed by atoms with E-state index in [1.165, 1.54) is 12.8 Å². The van der Waals surface area contributed by atoms with Crippen molar-refractivity contribution in [2.45, 2.75) is 32.1 Å². The fourth-order valence-electron chi connectivity index (χ4n) is 3.25. The molecule has 1 fully saturated rings. The van der Waals surface area contributed by atoms with Crippen LogP contribution in [0.1, 0.15) is 40.7 Å². The van der Waals surface area contributed by atoms with E-state index in [0.29, 0.717) is 11.4 Å². The second-order valence-corrected chi connectivity index (χ2v) is 7.61. The van der Waals surface area contributed by atoms with E-state index >= 15 is 0 Å². The van der Waals surface area contributed by atoms with E-state index in [4.69, 9.17) is 16.3 Å². The highest BCUT2D eigenvalue weighted by Crippen LogP contribution is 2.32. The van der Waals surface area contributed by atoms with Crippen molar-refractivity contribution in [3.63, 3.8) is 0 Å². The van der Waals surface area contributed by atoms with Crippen molar-refractivity contribution in [1.29, 1.82) is 0 Å². The topological polar surface area (TPSA) is 51.2 Å². The van der Waals surface area contributed by atoms with Crippen LogP contribution in [-0.4, -0.2) is 17.5 Å². The van der Waals surface area contributed by atoms with Gasteiger partial charge < -0.3 is 10.1 Å². The normalized spacial score (nSPS) is 13.0. The van der Waals surface area contributed by atoms with Gasteiger partial charge in [-0.1, -0.05) is 18.9 Å². The number of nitrogens with zero attached hydrogens (tertiary/aromatic N) is 1. The lowest BCUT2D eigenvalue weighted by atomic mass is 10.1. The van der Waals surface area contributed by atoms with Crippen LogP contribution < -0.4 is 10.1 Å². The largest absolute Gasteiger partial charge is 0.494 e. The number of carbonyl (C=O) groups excluding carboxylic acids is 1. The van der Waals surface area contributed by atoms with Crippen molar-refractivity contribution in [3.8, 4) is 5.75 Å². The predicted octanol–water partition coefficient (Wildman–Crippen LogP) is 6.14. The van der Waals surface area contributed by atoms with Crippen molar-refractivity contribution >= 4 is 46.5 Å². The van der Waals surface area contributed by atoms with Crippen LogP contribution in [0.5, 0.6) is 5.75 Å². The molecule has 1 N–H and O–H groups in total. The van der Waals surface area contributed by atoms with E-state index in [2.05, 4.69) is 10.3 Å². The van der Waals surface area contributed by atoms with E-state index in [1.54, 1.807) is 18.3 Å². The zero-order valence-electron chi connectivity index (χ0n) is 16.3. The summed E-state index contributed by atoms with van der Waals surface area (Å²) in [6.45, 7) is 2.70. The number of ether oxygens (including phenoxy) is 1. The third-order valence-corrected chi connectivity index (χ3v) is 5.48. The van der Waals surface area contributed by atoms with Crippen LogP contribution in [0.2, 0.25) is 0 Å². The average molecular weight is 431 g/mol. The van der Waals surface area contributed by atoms with Gasteiger partial charge in [-0.2, -0.15) is 0 Å². The van der Waals surface area contributed by atoms with E-state index in [-0.39, 0.29) is 18.3 Å². The Morgan fingerprint density at radius 2 is 1.97 bits per heavy atom. The van der Waals surface area contributed by atoms with Gasteiger partial charge in [0, 0.05) is 28.7 Å². The number of hydrogen-bond donors (Lipinski definition) is 1. The molecular formula is C23H24Cl2N2O2. The highest BCUT2D eigenvalue weighted by molar-refractivity contribution is 6.17. The maximum absolute atomic E-state index is 12.6. The third-order valence-electron chi connectivity index (χ3n) is 5.17. The number of hydrogen-bond acceptors (Lipinski definition) is 3. The molecule has 6 heteroatoms. The Kier molecular flexibility index (Phi) is 6.99. The number of benzene rings is 2. The lowest BCUT2D eigenvalue weighted by molar-refractivity contribution is 0.102. The molecule has 3 aromatic rings. The van der Waals surface area contributed by atoms with Gasteiger partial charge in [-0.15, -0.1) is 24.0 Å². The van der Waals surface area contributed by atoms with Crippen LogP contribution in [0.25, 0.3) is 10.9 Å². The number of rotatable bonds is 7. The van der Waals surface area contributed by atoms with E-state index in [0.717, 1.165) is 52.4 Å². The maximum atomic E-state index is 12.6. The fourth-order valence-corrected chi connectivity index (χ4v) is 3.40. The first kappa shape index (κ1) is 21.4. The number of alkyl halides is 1. The van der Waals surface area contributed by atoms with Gasteiger partial charge in [-0.25, -0.2) is 0 Å². The molecule has 0 radical (unpaired) electrons. The summed E-state index contributed by atoms with van der Waals surface area (Å²) in [5.74, 6) is 1.94. The summed E-state index contributed by atoms with van der Waals surface area (Å²) in [5, 5.41) is 4.00. The standard InChI is InChI=1S/C23H23ClN2O2.ClH/c1-15-21(9-6-19-12-17(13-24)14-25-22(15)19)26-23(27)18-4-7-20(8-5-18)28-11-10-16-2-3-16;/h4-9,12,14,16H,2-3,10-11,13H2,1H3,(H,26,27);1H. The highest BCUT2D eigenvalue weighted by Gasteiger charge is 2.20. The fraction of sp³-hybridized carbons (Fsp3) is 0.304. The SMILES string of the molecule is Cc1c(NC(=O)c2ccc(OCCC3CC3)cc2)ccc2cc(CCl)cnc12.Cl. The second kappa shape index (κ2) is 9.47. The smallest absolute Gasteiger partial charge is 0.255 e. The molecule has 1 amide bonds. The van der Waals surface area contributed by atoms with Crippen LogP contribution in [0.15, 0.2) is 48.7 Å². The Morgan fingerprint density at radius 3 is 2.66 bits per heavy atom. The van der Waals surface area contributed by atoms with Gasteiger partial charge in [-0.3, -0.25) is 9.78 Å². The Labute approximate surface area is 182 Å². The van der Waals surface area contributed by atoms with Crippen molar-refractivity contribution in [3.05, 3.63) is 65.4 Å². The number of amides is 1. The van der Waals surface area contributed by atoms with Gasteiger partial charge >= 0.3 is 0 Å². The number of pyridine rings is 1. The first-order valence-corrected chi connectivity index (χ1v) is 10.2. The zero-order chi connectivity index (χ0) is 19.5. The van der Waals surface area contributed by atoms with E-state index in [1.807, 2.05) is 37.3 Å². The molecule has 0 aliphatic heterocycles. The molecule has 29 heavy (non-hydrogen) atoms. The van der Waals surface area contributed by atoms with Crippen LogP contribution in [0, 0.1) is 12.8 Å². The Balaban J connectivity index is 0.00000240. The number of halogens is 2. The Morgan fingerprint density at radius 1 is 1.21 bits per heavy atom. The molecule has 4 rings (SSSR count). The number of aryl methyl sites for hydroxylation is 1. The summed E-state index contributed by atoms with van der Waals surface area (Å²) < 4.78 is 5.75. The molecule has 0 unspecified atom stereocenters. The van der Waals surface area contributed by atoms with Gasteiger partial charge in [0.1, 0.15) is 5.75 Å². The minimum Gasteiger partial charge on any atom is -0.494 e. The number of fused-ring (bicyclic) bond motifs is 1. The number of aromatic nitrogens is 1. The van der Waals surface area contributed by atoms with Gasteiger partial charge in [0.2, 0.25) is 0 Å². The van der Waals surface area contributed by atoms with Crippen LogP contribution in [0.3, 0.4) is 0 Å². The van der Waals surface area contributed by atoms with Gasteiger partial charge in [-0.05, 0) is 66.8 Å². The highest BCUT2D eigenvalue weighted by atomic mass is 35.5. The monoisotopic (exact) mass is 430 g/mol. The maximum Gasteiger partial charge on any atom is 0.255 e. The first-order valence-electron chi connectivity index (χ1n) is 9.62. The molecule has 0 bridgehead atoms. The quantitative estimate of drug-likeness (QED) is 0.458. The first-order chi connectivity index (χ1) is 13.6. The molecule has 1 aliphatic rings. The summed E-state index contributed by atoms with van der Waals surface area (Å²) >= 11 is 5.88. The van der Waals surface area contributed by atoms with Crippen molar-refractivity contribution in [2.75, 3.05) is 11.9 Å². The van der Waals surface area contributed by atoms with E-state index in [9.17, 15) is 4.79 Å². The Hall–Kier alpha value is -2.30. The van der Waals surface area contributed by atoms with Crippen LogP contribution in [-0.2, 0) is 5.88 Å². The third kappa shape index (κ3) is 5.20. The molecule has 4 nitrogen and oxygen atoms in total. The van der Waals surface area contributed by atoms with Gasteiger partial charge in [0.25, 0.3) is 5.91 Å². The lowest BCUT2D eigenvalue weighted by Crippen LogP contribution is -2.13. The average Bonchev–Trinajstić information content (AvgIpc) is 3.54. The molecule has 0 spiro atoms. The zero-order valence-corrected chi connectivity index (χ0v) is 17.9. The summed E-state index contributed by atoms with van der Waals surface area (Å²) in [4.78, 5) is 17.1. The molecule has 0 saturated heterocycles. The van der Waals surface area contributed by atoms with Crippen molar-refractivity contribution in [1.82, 2.24) is 4.98 Å². The number of anilines is 1. The second-order valence-electron chi connectivity index (χ2n) is 7.35. The molecule has 1 heterocycles. The van der Waals surface area contributed by atoms with Gasteiger partial charge in [0.15, 0.2) is 0 Å². The molecule has 2 aromatic carbocycles. The van der Waals surface area contributed by atoms with E-state index < -0.39 is 0 Å². The predicted molar refractivity (Wildman–Crippen MR) is 121 cm³/mol. The van der Waals surface area contributed by atoms with Crippen molar-refractivity contribution in [2.24, 2.45) is 5.92 Å². The number of nitrogens with one attached hydrogen (secondary N) is 1. The minimum absolute atomic E-state index is 0. The molecule has 152 valence electrons. The molecule has 1 aromatic heterocycles.